The maximum atomic E-state index is 14.7. The molecule has 3 aromatic rings. The van der Waals surface area contributed by atoms with E-state index in [-0.39, 0.29) is 46.5 Å². The summed E-state index contributed by atoms with van der Waals surface area (Å²) in [5.41, 5.74) is -8.34. The zero-order chi connectivity index (χ0) is 36.9. The fourth-order valence-electron chi connectivity index (χ4n) is 9.46. The van der Waals surface area contributed by atoms with Gasteiger partial charge in [-0.15, -0.1) is 0 Å². The standard InChI is InChI=1S/C39H42O12/c1-33(2)28(48-32(44)39-17-15-37(8,30(42)51-39)35(39,5)6)27(47-31(43)38-16-14-36(7,29(41)50-38)34(38,3)4)24-22(49-33)18-21(45-9)23-25(40)19-12-10-11-13-20(19)46-26(23)24/h10-13,18,27-28H,14-17H2,1-9H3/t27-,28-,36+,37+,38-,39-/m1/s1. The lowest BCUT2D eigenvalue weighted by Crippen LogP contribution is -2.57. The number of esters is 4. The summed E-state index contributed by atoms with van der Waals surface area (Å²) in [5.74, 6) is -2.28. The normalized spacial score (nSPS) is 34.8. The monoisotopic (exact) mass is 702 g/mol. The molecule has 2 aliphatic carbocycles. The highest BCUT2D eigenvalue weighted by atomic mass is 16.7. The summed E-state index contributed by atoms with van der Waals surface area (Å²) < 4.78 is 43.3. The molecule has 4 fully saturated rings. The van der Waals surface area contributed by atoms with Gasteiger partial charge in [-0.1, -0.05) is 39.8 Å². The number of carbonyl (C=O) groups excluding carboxylic acids is 4. The van der Waals surface area contributed by atoms with Crippen molar-refractivity contribution in [2.75, 3.05) is 7.11 Å². The van der Waals surface area contributed by atoms with E-state index in [1.807, 2.05) is 27.7 Å². The van der Waals surface area contributed by atoms with Crippen molar-refractivity contribution in [3.8, 4) is 11.5 Å². The average molecular weight is 703 g/mol. The first kappa shape index (κ1) is 33.5. The van der Waals surface area contributed by atoms with Crippen LogP contribution in [0.4, 0.5) is 0 Å². The molecule has 12 nitrogen and oxygen atoms in total. The number of rotatable bonds is 5. The lowest BCUT2D eigenvalue weighted by molar-refractivity contribution is -0.217. The van der Waals surface area contributed by atoms with E-state index >= 15 is 0 Å². The Morgan fingerprint density at radius 2 is 1.29 bits per heavy atom. The van der Waals surface area contributed by atoms with Gasteiger partial charge >= 0.3 is 23.9 Å². The Kier molecular flexibility index (Phi) is 6.46. The molecule has 0 radical (unpaired) electrons. The van der Waals surface area contributed by atoms with Gasteiger partial charge in [0.25, 0.3) is 0 Å². The highest BCUT2D eigenvalue weighted by Crippen LogP contribution is 2.68. The Labute approximate surface area is 294 Å². The molecule has 0 spiro atoms. The largest absolute Gasteiger partial charge is 0.496 e. The first-order valence-corrected chi connectivity index (χ1v) is 17.4. The van der Waals surface area contributed by atoms with Crippen LogP contribution < -0.4 is 14.9 Å². The first-order valence-electron chi connectivity index (χ1n) is 17.4. The molecular formula is C39H42O12. The molecule has 2 saturated carbocycles. The third kappa shape index (κ3) is 3.73. The summed E-state index contributed by atoms with van der Waals surface area (Å²) >= 11 is 0. The van der Waals surface area contributed by atoms with E-state index in [0.29, 0.717) is 18.2 Å². The second kappa shape index (κ2) is 9.83. The van der Waals surface area contributed by atoms with Gasteiger partial charge in [-0.3, -0.25) is 14.4 Å². The molecule has 4 bridgehead atoms. The second-order valence-electron chi connectivity index (χ2n) is 16.8. The summed E-state index contributed by atoms with van der Waals surface area (Å²) in [7, 11) is 1.41. The van der Waals surface area contributed by atoms with Gasteiger partial charge in [-0.2, -0.15) is 0 Å². The van der Waals surface area contributed by atoms with Gasteiger partial charge in [0.2, 0.25) is 16.6 Å². The summed E-state index contributed by atoms with van der Waals surface area (Å²) in [5, 5.41) is 0.369. The summed E-state index contributed by atoms with van der Waals surface area (Å²) in [4.78, 5) is 69.6. The fourth-order valence-corrected chi connectivity index (χ4v) is 9.46. The van der Waals surface area contributed by atoms with E-state index in [1.165, 1.54) is 13.2 Å². The molecule has 2 saturated heterocycles. The number of hydrogen-bond donors (Lipinski definition) is 0. The van der Waals surface area contributed by atoms with Crippen molar-refractivity contribution in [3.05, 3.63) is 46.1 Å². The minimum Gasteiger partial charge on any atom is -0.496 e. The van der Waals surface area contributed by atoms with Gasteiger partial charge in [-0.05, 0) is 65.5 Å². The van der Waals surface area contributed by atoms with Crippen molar-refractivity contribution in [2.45, 2.75) is 110 Å². The quantitative estimate of drug-likeness (QED) is 0.178. The SMILES string of the molecule is COc1cc2c(c3oc4ccccc4c(=O)c13)[C@@H](OC(=O)[C@@]13CC[C@@](C)(C(=O)O1)C3(C)C)[C@@H](OC(=O)[C@@]13CC[C@@](C)(C(=O)O1)C3(C)C)C(C)(C)O2. The third-order valence-electron chi connectivity index (χ3n) is 13.9. The number of methoxy groups -OCH3 is 1. The molecular weight excluding hydrogens is 660 g/mol. The Morgan fingerprint density at radius 1 is 0.745 bits per heavy atom. The van der Waals surface area contributed by atoms with Gasteiger partial charge in [0, 0.05) is 16.9 Å². The van der Waals surface area contributed by atoms with Crippen molar-refractivity contribution in [1.29, 1.82) is 0 Å². The van der Waals surface area contributed by atoms with Gasteiger partial charge in [0.15, 0.2) is 17.8 Å². The van der Waals surface area contributed by atoms with Crippen LogP contribution in [0.3, 0.4) is 0 Å². The molecule has 8 rings (SSSR count). The third-order valence-corrected chi connectivity index (χ3v) is 13.9. The van der Waals surface area contributed by atoms with E-state index in [9.17, 15) is 24.0 Å². The zero-order valence-electron chi connectivity index (χ0n) is 30.3. The van der Waals surface area contributed by atoms with Gasteiger partial charge in [-0.25, -0.2) is 9.59 Å². The lowest BCUT2D eigenvalue weighted by Gasteiger charge is -2.46. The Hall–Kier alpha value is -4.61. The number of ether oxygens (including phenoxy) is 6. The number of hydrogen-bond acceptors (Lipinski definition) is 12. The summed E-state index contributed by atoms with van der Waals surface area (Å²) in [6.45, 7) is 14.2. The molecule has 0 N–H and O–H groups in total. The number of fused-ring (bicyclic) bond motifs is 8. The Morgan fingerprint density at radius 3 is 1.80 bits per heavy atom. The van der Waals surface area contributed by atoms with Gasteiger partial charge < -0.3 is 32.8 Å². The second-order valence-corrected chi connectivity index (χ2v) is 16.8. The summed E-state index contributed by atoms with van der Waals surface area (Å²) in [6, 6.07) is 8.23. The van der Waals surface area contributed by atoms with Crippen LogP contribution in [-0.4, -0.2) is 53.9 Å². The van der Waals surface area contributed by atoms with Crippen LogP contribution in [0.2, 0.25) is 0 Å². The van der Waals surface area contributed by atoms with Crippen LogP contribution in [-0.2, 0) is 38.1 Å². The zero-order valence-corrected chi connectivity index (χ0v) is 30.3. The van der Waals surface area contributed by atoms with E-state index < -0.39 is 80.0 Å². The Balaban J connectivity index is 1.33. The van der Waals surface area contributed by atoms with E-state index in [4.69, 9.17) is 32.8 Å². The molecule has 270 valence electrons. The van der Waals surface area contributed by atoms with Crippen LogP contribution in [0.5, 0.6) is 11.5 Å². The molecule has 6 atom stereocenters. The first-order chi connectivity index (χ1) is 23.7. The molecule has 1 aromatic heterocycles. The predicted molar refractivity (Wildman–Crippen MR) is 180 cm³/mol. The molecule has 12 heteroatoms. The molecule has 0 unspecified atom stereocenters. The van der Waals surface area contributed by atoms with E-state index in [2.05, 4.69) is 0 Å². The van der Waals surface area contributed by atoms with Crippen molar-refractivity contribution in [3.63, 3.8) is 0 Å². The highest BCUT2D eigenvalue weighted by Gasteiger charge is 2.78. The molecule has 4 heterocycles. The minimum atomic E-state index is -1.64. The van der Waals surface area contributed by atoms with Crippen LogP contribution in [0.1, 0.15) is 92.7 Å². The van der Waals surface area contributed by atoms with E-state index in [1.54, 1.807) is 52.0 Å². The fraction of sp³-hybridized carbons (Fsp3) is 0.564. The van der Waals surface area contributed by atoms with Crippen LogP contribution in [0, 0.1) is 21.7 Å². The molecule has 51 heavy (non-hydrogen) atoms. The number of benzene rings is 2. The van der Waals surface area contributed by atoms with Crippen molar-refractivity contribution >= 4 is 45.8 Å². The smallest absolute Gasteiger partial charge is 0.351 e. The van der Waals surface area contributed by atoms with E-state index in [0.717, 1.165) is 0 Å². The predicted octanol–water partition coefficient (Wildman–Crippen LogP) is 5.87. The Bertz CT molecular complexity index is 2180. The molecule has 5 aliphatic rings. The maximum absolute atomic E-state index is 14.7. The number of carbonyl (C=O) groups is 4. The van der Waals surface area contributed by atoms with Crippen molar-refractivity contribution in [2.24, 2.45) is 21.7 Å². The highest BCUT2D eigenvalue weighted by molar-refractivity contribution is 5.98. The molecule has 2 aromatic carbocycles. The average Bonchev–Trinajstić information content (AvgIpc) is 3.53. The lowest BCUT2D eigenvalue weighted by atomic mass is 9.66. The molecule has 3 aliphatic heterocycles. The number of para-hydroxylation sites is 1. The topological polar surface area (TPSA) is 154 Å². The van der Waals surface area contributed by atoms with Crippen molar-refractivity contribution < 1.29 is 52.0 Å². The van der Waals surface area contributed by atoms with Crippen LogP contribution in [0.15, 0.2) is 39.5 Å². The maximum Gasteiger partial charge on any atom is 0.351 e. The summed E-state index contributed by atoms with van der Waals surface area (Å²) in [6.07, 6.45) is -1.52. The van der Waals surface area contributed by atoms with Crippen molar-refractivity contribution in [1.82, 2.24) is 0 Å². The van der Waals surface area contributed by atoms with Crippen LogP contribution in [0.25, 0.3) is 21.9 Å². The van der Waals surface area contributed by atoms with Crippen LogP contribution >= 0.6 is 0 Å². The minimum absolute atomic E-state index is 0.0121. The van der Waals surface area contributed by atoms with Gasteiger partial charge in [0.05, 0.1) is 28.9 Å². The molecule has 0 amide bonds. The van der Waals surface area contributed by atoms with Gasteiger partial charge in [0.1, 0.15) is 28.1 Å².